The number of pyridine rings is 1. The van der Waals surface area contributed by atoms with Gasteiger partial charge >= 0.3 is 0 Å². The van der Waals surface area contributed by atoms with E-state index >= 15 is 0 Å². The van der Waals surface area contributed by atoms with E-state index in [1.807, 2.05) is 29.8 Å². The average molecular weight is 380 g/mol. The molecule has 4 aromatic rings. The van der Waals surface area contributed by atoms with Gasteiger partial charge in [-0.1, -0.05) is 13.0 Å². The minimum Gasteiger partial charge on any atom is -0.350 e. The van der Waals surface area contributed by atoms with Crippen molar-refractivity contribution in [3.63, 3.8) is 0 Å². The number of nitrogens with one attached hydrogen (secondary N) is 1. The van der Waals surface area contributed by atoms with Crippen molar-refractivity contribution in [1.82, 2.24) is 15.0 Å². The summed E-state index contributed by atoms with van der Waals surface area (Å²) in [5, 5.41) is 5.20. The van der Waals surface area contributed by atoms with Gasteiger partial charge < -0.3 is 5.32 Å². The van der Waals surface area contributed by atoms with E-state index < -0.39 is 0 Å². The van der Waals surface area contributed by atoms with Crippen LogP contribution >= 0.6 is 22.7 Å². The molecule has 0 aromatic carbocycles. The molecule has 26 heavy (non-hydrogen) atoms. The van der Waals surface area contributed by atoms with Gasteiger partial charge in [0.2, 0.25) is 5.95 Å². The van der Waals surface area contributed by atoms with Gasteiger partial charge in [0.25, 0.3) is 0 Å². The first-order chi connectivity index (χ1) is 12.8. The number of rotatable bonds is 6. The Morgan fingerprint density at radius 1 is 1.27 bits per heavy atom. The van der Waals surface area contributed by atoms with Crippen LogP contribution in [0.15, 0.2) is 42.0 Å². The molecule has 0 atom stereocenters. The molecule has 4 heterocycles. The lowest BCUT2D eigenvalue weighted by Crippen LogP contribution is -2.04. The van der Waals surface area contributed by atoms with Gasteiger partial charge in [0.15, 0.2) is 6.29 Å². The van der Waals surface area contributed by atoms with Crippen molar-refractivity contribution in [2.75, 3.05) is 5.32 Å². The molecule has 0 bridgehead atoms. The van der Waals surface area contributed by atoms with Gasteiger partial charge in [-0.3, -0.25) is 9.78 Å². The molecule has 7 heteroatoms. The summed E-state index contributed by atoms with van der Waals surface area (Å²) >= 11 is 3.12. The summed E-state index contributed by atoms with van der Waals surface area (Å²) in [6.45, 7) is 2.72. The summed E-state index contributed by atoms with van der Waals surface area (Å²) in [5.41, 5.74) is 3.65. The zero-order valence-corrected chi connectivity index (χ0v) is 15.7. The number of anilines is 1. The summed E-state index contributed by atoms with van der Waals surface area (Å²) in [7, 11) is 0. The van der Waals surface area contributed by atoms with Crippen molar-refractivity contribution in [2.45, 2.75) is 19.9 Å². The first-order valence-corrected chi connectivity index (χ1v) is 9.94. The first-order valence-electron chi connectivity index (χ1n) is 8.24. The van der Waals surface area contributed by atoms with Crippen molar-refractivity contribution in [1.29, 1.82) is 0 Å². The lowest BCUT2D eigenvalue weighted by molar-refractivity contribution is 0.112. The molecule has 0 amide bonds. The zero-order chi connectivity index (χ0) is 17.9. The molecule has 0 saturated heterocycles. The van der Waals surface area contributed by atoms with Gasteiger partial charge in [0, 0.05) is 29.4 Å². The fourth-order valence-corrected chi connectivity index (χ4v) is 4.44. The Hall–Kier alpha value is -2.64. The second-order valence-electron chi connectivity index (χ2n) is 5.71. The Kier molecular flexibility index (Phi) is 4.73. The highest BCUT2D eigenvalue weighted by molar-refractivity contribution is 7.19. The van der Waals surface area contributed by atoms with Crippen molar-refractivity contribution >= 4 is 45.1 Å². The van der Waals surface area contributed by atoms with Crippen molar-refractivity contribution in [3.8, 4) is 11.3 Å². The maximum atomic E-state index is 11.4. The summed E-state index contributed by atoms with van der Waals surface area (Å²) in [5.74, 6) is 0.555. The smallest absolute Gasteiger partial charge is 0.224 e. The number of carbonyl (C=O) groups is 1. The van der Waals surface area contributed by atoms with E-state index in [1.54, 1.807) is 17.5 Å². The van der Waals surface area contributed by atoms with E-state index in [1.165, 1.54) is 16.2 Å². The summed E-state index contributed by atoms with van der Waals surface area (Å²) in [6.07, 6.45) is 5.41. The topological polar surface area (TPSA) is 67.8 Å². The number of aldehydes is 1. The minimum atomic E-state index is 0.555. The zero-order valence-electron chi connectivity index (χ0n) is 14.1. The van der Waals surface area contributed by atoms with E-state index in [0.29, 0.717) is 17.4 Å². The maximum absolute atomic E-state index is 11.4. The molecule has 1 N–H and O–H groups in total. The Labute approximate surface area is 158 Å². The molecule has 0 aliphatic rings. The quantitative estimate of drug-likeness (QED) is 0.487. The van der Waals surface area contributed by atoms with Gasteiger partial charge in [0.05, 0.1) is 20.8 Å². The summed E-state index contributed by atoms with van der Waals surface area (Å²) in [4.78, 5) is 26.9. The molecule has 0 radical (unpaired) electrons. The molecule has 4 rings (SSSR count). The van der Waals surface area contributed by atoms with Crippen molar-refractivity contribution < 1.29 is 4.79 Å². The molecule has 0 aliphatic heterocycles. The van der Waals surface area contributed by atoms with Crippen LogP contribution in [0.4, 0.5) is 5.95 Å². The highest BCUT2D eigenvalue weighted by Crippen LogP contribution is 2.36. The van der Waals surface area contributed by atoms with Gasteiger partial charge in [-0.25, -0.2) is 9.97 Å². The number of fused-ring (bicyclic) bond motifs is 1. The summed E-state index contributed by atoms with van der Waals surface area (Å²) < 4.78 is 1.02. The lowest BCUT2D eigenvalue weighted by atomic mass is 10.1. The predicted molar refractivity (Wildman–Crippen MR) is 107 cm³/mol. The highest BCUT2D eigenvalue weighted by atomic mass is 32.1. The Morgan fingerprint density at radius 3 is 2.96 bits per heavy atom. The van der Waals surface area contributed by atoms with Crippen LogP contribution in [0.1, 0.15) is 27.0 Å². The molecule has 0 saturated carbocycles. The number of thiophene rings is 2. The first kappa shape index (κ1) is 16.8. The van der Waals surface area contributed by atoms with Crippen LogP contribution < -0.4 is 5.32 Å². The van der Waals surface area contributed by atoms with Crippen molar-refractivity contribution in [2.24, 2.45) is 0 Å². The number of hydrogen-bond acceptors (Lipinski definition) is 7. The van der Waals surface area contributed by atoms with E-state index in [4.69, 9.17) is 4.98 Å². The summed E-state index contributed by atoms with van der Waals surface area (Å²) in [6, 6.07) is 7.96. The molecule has 0 spiro atoms. The third-order valence-electron chi connectivity index (χ3n) is 4.00. The number of hydrogen-bond donors (Lipinski definition) is 1. The van der Waals surface area contributed by atoms with E-state index in [9.17, 15) is 4.79 Å². The van der Waals surface area contributed by atoms with Crippen LogP contribution in [-0.4, -0.2) is 21.2 Å². The van der Waals surface area contributed by atoms with Crippen LogP contribution in [0.25, 0.3) is 21.5 Å². The van der Waals surface area contributed by atoms with Crippen LogP contribution in [0, 0.1) is 0 Å². The third kappa shape index (κ3) is 3.23. The van der Waals surface area contributed by atoms with Crippen LogP contribution in [-0.2, 0) is 13.0 Å². The molecule has 130 valence electrons. The predicted octanol–water partition coefficient (Wildman–Crippen LogP) is 4.80. The van der Waals surface area contributed by atoms with E-state index in [-0.39, 0.29) is 0 Å². The van der Waals surface area contributed by atoms with E-state index in [2.05, 4.69) is 28.3 Å². The molecular formula is C19H16N4OS2. The molecular weight excluding hydrogens is 364 g/mol. The van der Waals surface area contributed by atoms with Gasteiger partial charge in [-0.2, -0.15) is 0 Å². The van der Waals surface area contributed by atoms with Gasteiger partial charge in [0.1, 0.15) is 0 Å². The Balaban J connectivity index is 1.78. The SMILES string of the molecule is CCc1cc2nc(NCc3cccnc3)nc(-c3ccsc3C=O)c2s1. The second kappa shape index (κ2) is 7.31. The molecule has 5 nitrogen and oxygen atoms in total. The second-order valence-corrected chi connectivity index (χ2v) is 7.79. The fourth-order valence-electron chi connectivity index (χ4n) is 2.71. The van der Waals surface area contributed by atoms with Gasteiger partial charge in [-0.05, 0) is 35.6 Å². The maximum Gasteiger partial charge on any atom is 0.224 e. The average Bonchev–Trinajstić information content (AvgIpc) is 3.32. The molecule has 0 aliphatic carbocycles. The normalized spacial score (nSPS) is 11.0. The minimum absolute atomic E-state index is 0.555. The van der Waals surface area contributed by atoms with Gasteiger partial charge in [-0.15, -0.1) is 22.7 Å². The Morgan fingerprint density at radius 2 is 2.19 bits per heavy atom. The van der Waals surface area contributed by atoms with Crippen molar-refractivity contribution in [3.05, 3.63) is 57.4 Å². The van der Waals surface area contributed by atoms with Crippen LogP contribution in [0.3, 0.4) is 0 Å². The largest absolute Gasteiger partial charge is 0.350 e. The molecule has 0 fully saturated rings. The number of carbonyl (C=O) groups excluding carboxylic acids is 1. The number of aromatic nitrogens is 3. The third-order valence-corrected chi connectivity index (χ3v) is 6.12. The Bertz CT molecular complexity index is 1060. The fraction of sp³-hybridized carbons (Fsp3) is 0.158. The van der Waals surface area contributed by atoms with Crippen LogP contribution in [0.5, 0.6) is 0 Å². The number of nitrogens with zero attached hydrogens (tertiary/aromatic N) is 3. The van der Waals surface area contributed by atoms with E-state index in [0.717, 1.165) is 39.7 Å². The highest BCUT2D eigenvalue weighted by Gasteiger charge is 2.16. The standard InChI is InChI=1S/C19H16N4OS2/c1-2-13-8-15-18(26-13)17(14-5-7-25-16(14)11-24)23-19(22-15)21-10-12-4-3-6-20-9-12/h3-9,11H,2,10H2,1H3,(H,21,22,23). The number of aryl methyl sites for hydroxylation is 1. The molecule has 0 unspecified atom stereocenters. The van der Waals surface area contributed by atoms with Crippen LogP contribution in [0.2, 0.25) is 0 Å². The lowest BCUT2D eigenvalue weighted by Gasteiger charge is -2.08. The molecule has 4 aromatic heterocycles. The monoisotopic (exact) mass is 380 g/mol.